The molecule has 0 amide bonds. The van der Waals surface area contributed by atoms with Crippen LogP contribution in [0.3, 0.4) is 0 Å². The van der Waals surface area contributed by atoms with Crippen LogP contribution >= 0.6 is 23.2 Å². The lowest BCUT2D eigenvalue weighted by molar-refractivity contribution is 0.0970. The van der Waals surface area contributed by atoms with Gasteiger partial charge in [-0.1, -0.05) is 23.2 Å². The second kappa shape index (κ2) is 7.30. The highest BCUT2D eigenvalue weighted by Gasteiger charge is 2.13. The Balaban J connectivity index is 1.88. The summed E-state index contributed by atoms with van der Waals surface area (Å²) in [5.74, 6) is -0.336. The summed E-state index contributed by atoms with van der Waals surface area (Å²) in [5, 5.41) is 0.766. The maximum absolute atomic E-state index is 12.6. The van der Waals surface area contributed by atoms with Crippen molar-refractivity contribution in [2.45, 2.75) is 6.54 Å². The van der Waals surface area contributed by atoms with Gasteiger partial charge in [-0.05, 0) is 36.4 Å². The maximum atomic E-state index is 12.6. The molecule has 3 aromatic rings. The van der Waals surface area contributed by atoms with E-state index >= 15 is 0 Å². The highest BCUT2D eigenvalue weighted by molar-refractivity contribution is 7.92. The normalized spacial score (nSPS) is 11.5. The van der Waals surface area contributed by atoms with E-state index in [1.54, 1.807) is 0 Å². The summed E-state index contributed by atoms with van der Waals surface area (Å²) in [7, 11) is -3.40. The minimum atomic E-state index is -3.40. The molecule has 1 N–H and O–H groups in total. The van der Waals surface area contributed by atoms with Gasteiger partial charge in [-0.15, -0.1) is 0 Å². The molecule has 0 saturated carbocycles. The van der Waals surface area contributed by atoms with Gasteiger partial charge in [0.15, 0.2) is 5.78 Å². The maximum Gasteiger partial charge on any atom is 0.261 e. The first kappa shape index (κ1) is 19.3. The fourth-order valence-corrected chi connectivity index (χ4v) is 3.60. The number of fused-ring (bicyclic) bond motifs is 1. The molecule has 0 atom stereocenters. The molecule has 0 bridgehead atoms. The second-order valence-corrected chi connectivity index (χ2v) is 8.43. The molecule has 0 aliphatic rings. The Labute approximate surface area is 164 Å². The molecule has 0 spiro atoms. The monoisotopic (exact) mass is 425 g/mol. The summed E-state index contributed by atoms with van der Waals surface area (Å²) in [5.41, 5.74) is 0.534. The van der Waals surface area contributed by atoms with Crippen LogP contribution in [-0.4, -0.2) is 30.0 Å². The van der Waals surface area contributed by atoms with Crippen LogP contribution < -0.4 is 10.3 Å². The van der Waals surface area contributed by atoms with Crippen molar-refractivity contribution in [3.8, 4) is 0 Å². The Hall–Kier alpha value is -2.42. The number of benzene rings is 2. The summed E-state index contributed by atoms with van der Waals surface area (Å²) >= 11 is 12.0. The van der Waals surface area contributed by atoms with Crippen LogP contribution in [0.25, 0.3) is 10.9 Å². The highest BCUT2D eigenvalue weighted by Crippen LogP contribution is 2.24. The lowest BCUT2D eigenvalue weighted by Crippen LogP contribution is -2.24. The van der Waals surface area contributed by atoms with E-state index in [1.807, 2.05) is 0 Å². The molecule has 2 aromatic carbocycles. The number of Topliss-reactive ketones (excluding diaryl/α,β-unsaturated/α-hetero) is 1. The second-order valence-electron chi connectivity index (χ2n) is 5.84. The molecule has 1 heterocycles. The summed E-state index contributed by atoms with van der Waals surface area (Å²) in [6, 6.07) is 8.82. The van der Waals surface area contributed by atoms with Gasteiger partial charge in [0.1, 0.15) is 0 Å². The zero-order valence-corrected chi connectivity index (χ0v) is 16.3. The molecule has 10 heteroatoms. The number of aromatic nitrogens is 2. The summed E-state index contributed by atoms with van der Waals surface area (Å²) in [6.07, 6.45) is 2.28. The first-order valence-electron chi connectivity index (χ1n) is 7.59. The van der Waals surface area contributed by atoms with Crippen molar-refractivity contribution in [1.82, 2.24) is 9.55 Å². The Bertz CT molecular complexity index is 1210. The van der Waals surface area contributed by atoms with E-state index in [0.29, 0.717) is 21.8 Å². The summed E-state index contributed by atoms with van der Waals surface area (Å²) in [4.78, 5) is 29.2. The summed E-state index contributed by atoms with van der Waals surface area (Å²) < 4.78 is 25.9. The quantitative estimate of drug-likeness (QED) is 0.633. The van der Waals surface area contributed by atoms with Crippen LogP contribution in [-0.2, 0) is 16.6 Å². The number of anilines is 1. The number of halogens is 2. The Morgan fingerprint density at radius 1 is 1.19 bits per heavy atom. The highest BCUT2D eigenvalue weighted by atomic mass is 35.5. The minimum Gasteiger partial charge on any atom is -0.292 e. The van der Waals surface area contributed by atoms with Crippen molar-refractivity contribution in [2.24, 2.45) is 0 Å². The molecule has 0 radical (unpaired) electrons. The molecule has 0 unspecified atom stereocenters. The van der Waals surface area contributed by atoms with Gasteiger partial charge < -0.3 is 0 Å². The van der Waals surface area contributed by atoms with E-state index in [9.17, 15) is 18.0 Å². The number of nitrogens with zero attached hydrogens (tertiary/aromatic N) is 2. The van der Waals surface area contributed by atoms with E-state index in [4.69, 9.17) is 23.2 Å². The largest absolute Gasteiger partial charge is 0.292 e. The van der Waals surface area contributed by atoms with E-state index in [1.165, 1.54) is 47.3 Å². The van der Waals surface area contributed by atoms with Gasteiger partial charge >= 0.3 is 0 Å². The van der Waals surface area contributed by atoms with Crippen molar-refractivity contribution in [3.05, 3.63) is 68.7 Å². The van der Waals surface area contributed by atoms with Gasteiger partial charge in [0.05, 0.1) is 35.1 Å². The van der Waals surface area contributed by atoms with Crippen molar-refractivity contribution in [2.75, 3.05) is 11.0 Å². The average Bonchev–Trinajstić information content (AvgIpc) is 2.57. The molecule has 7 nitrogen and oxygen atoms in total. The van der Waals surface area contributed by atoms with Crippen LogP contribution in [0.15, 0.2) is 47.5 Å². The van der Waals surface area contributed by atoms with Crippen LogP contribution in [0.1, 0.15) is 10.4 Å². The number of nitrogens with one attached hydrogen (secondary N) is 1. The predicted molar refractivity (Wildman–Crippen MR) is 105 cm³/mol. The third-order valence-corrected chi connectivity index (χ3v) is 4.78. The number of carbonyl (C=O) groups is 1. The summed E-state index contributed by atoms with van der Waals surface area (Å²) in [6.45, 7) is -0.231. The molecule has 0 aliphatic carbocycles. The predicted octanol–water partition coefficient (Wildman–Crippen LogP) is 2.96. The Morgan fingerprint density at radius 2 is 1.85 bits per heavy atom. The van der Waals surface area contributed by atoms with Crippen LogP contribution in [0, 0.1) is 0 Å². The topological polar surface area (TPSA) is 98.1 Å². The third kappa shape index (κ3) is 4.47. The van der Waals surface area contributed by atoms with E-state index < -0.39 is 15.6 Å². The average molecular weight is 426 g/mol. The molecular weight excluding hydrogens is 413 g/mol. The number of sulfonamides is 1. The molecule has 3 rings (SSSR count). The smallest absolute Gasteiger partial charge is 0.261 e. The van der Waals surface area contributed by atoms with Crippen LogP contribution in [0.4, 0.5) is 5.69 Å². The molecule has 0 aliphatic heterocycles. The molecule has 27 heavy (non-hydrogen) atoms. The van der Waals surface area contributed by atoms with E-state index in [0.717, 1.165) is 6.26 Å². The van der Waals surface area contributed by atoms with E-state index in [-0.39, 0.29) is 22.7 Å². The number of hydrogen-bond acceptors (Lipinski definition) is 5. The zero-order valence-electron chi connectivity index (χ0n) is 13.9. The lowest BCUT2D eigenvalue weighted by Gasteiger charge is -2.08. The molecule has 0 saturated heterocycles. The number of ketones is 1. The molecular formula is C17H13Cl2N3O4S. The van der Waals surface area contributed by atoms with Gasteiger partial charge in [0.25, 0.3) is 5.56 Å². The van der Waals surface area contributed by atoms with E-state index in [2.05, 4.69) is 9.71 Å². The Kier molecular flexibility index (Phi) is 5.23. The van der Waals surface area contributed by atoms with Crippen molar-refractivity contribution < 1.29 is 13.2 Å². The van der Waals surface area contributed by atoms with Gasteiger partial charge in [0.2, 0.25) is 10.0 Å². The fraction of sp³-hybridized carbons (Fsp3) is 0.118. The minimum absolute atomic E-state index is 0.218. The number of rotatable bonds is 5. The zero-order chi connectivity index (χ0) is 19.8. The first-order valence-corrected chi connectivity index (χ1v) is 10.2. The van der Waals surface area contributed by atoms with Crippen LogP contribution in [0.2, 0.25) is 10.0 Å². The molecule has 1 aromatic heterocycles. The molecule has 0 fully saturated rings. The fourth-order valence-electron chi connectivity index (χ4n) is 2.49. The van der Waals surface area contributed by atoms with Gasteiger partial charge in [-0.2, -0.15) is 0 Å². The number of carbonyl (C=O) groups excluding carboxylic acids is 1. The van der Waals surface area contributed by atoms with Crippen molar-refractivity contribution in [3.63, 3.8) is 0 Å². The van der Waals surface area contributed by atoms with Gasteiger partial charge in [0, 0.05) is 16.3 Å². The van der Waals surface area contributed by atoms with Crippen molar-refractivity contribution >= 4 is 55.6 Å². The van der Waals surface area contributed by atoms with Crippen molar-refractivity contribution in [1.29, 1.82) is 0 Å². The number of hydrogen-bond donors (Lipinski definition) is 1. The van der Waals surface area contributed by atoms with Gasteiger partial charge in [-0.3, -0.25) is 18.9 Å². The lowest BCUT2D eigenvalue weighted by atomic mass is 10.1. The molecule has 140 valence electrons. The standard InChI is InChI=1S/C17H13Cl2N3O4S/c1-27(25,26)21-12-4-2-10(3-5-12)15(23)8-22-9-20-16-13(17(22)24)6-11(18)7-14(16)19/h2-7,9,21H,8H2,1H3. The Morgan fingerprint density at radius 3 is 2.48 bits per heavy atom. The third-order valence-electron chi connectivity index (χ3n) is 3.67. The first-order chi connectivity index (χ1) is 12.6. The van der Waals surface area contributed by atoms with Crippen LogP contribution in [0.5, 0.6) is 0 Å². The van der Waals surface area contributed by atoms with Gasteiger partial charge in [-0.25, -0.2) is 13.4 Å². The SMILES string of the molecule is CS(=O)(=O)Nc1ccc(C(=O)Cn2cnc3c(Cl)cc(Cl)cc3c2=O)cc1.